The molecule has 9 heteroatoms. The van der Waals surface area contributed by atoms with Crippen molar-refractivity contribution < 1.29 is 4.92 Å². The van der Waals surface area contributed by atoms with Crippen molar-refractivity contribution in [3.63, 3.8) is 0 Å². The molecule has 0 aliphatic rings. The molecule has 0 saturated carbocycles. The molecule has 22 heavy (non-hydrogen) atoms. The highest BCUT2D eigenvalue weighted by Gasteiger charge is 2.15. The van der Waals surface area contributed by atoms with Crippen LogP contribution in [0, 0.1) is 10.1 Å². The molecule has 3 aromatic rings. The third kappa shape index (κ3) is 2.81. The second kappa shape index (κ2) is 5.78. The molecule has 0 saturated heterocycles. The molecule has 0 aliphatic carbocycles. The van der Waals surface area contributed by atoms with Crippen molar-refractivity contribution in [3.05, 3.63) is 69.0 Å². The van der Waals surface area contributed by atoms with Crippen molar-refractivity contribution in [3.8, 4) is 5.69 Å². The van der Waals surface area contributed by atoms with E-state index >= 15 is 0 Å². The molecule has 0 unspecified atom stereocenters. The number of hydrogen-bond donors (Lipinski definition) is 0. The topological polar surface area (TPSA) is 78.8 Å². The van der Waals surface area contributed by atoms with Crippen LogP contribution in [-0.4, -0.2) is 24.0 Å². The first kappa shape index (κ1) is 14.6. The average Bonchev–Trinajstić information content (AvgIpc) is 3.11. The molecular weight excluding hydrogens is 329 g/mol. The van der Waals surface area contributed by atoms with E-state index in [1.807, 2.05) is 0 Å². The first-order chi connectivity index (χ1) is 10.5. The van der Waals surface area contributed by atoms with Gasteiger partial charge in [0.05, 0.1) is 22.1 Å². The predicted molar refractivity (Wildman–Crippen MR) is 81.6 cm³/mol. The molecule has 0 fully saturated rings. The molecule has 0 spiro atoms. The van der Waals surface area contributed by atoms with Gasteiger partial charge in [0.15, 0.2) is 0 Å². The van der Waals surface area contributed by atoms with E-state index in [1.54, 1.807) is 35.3 Å². The number of aromatic nitrogens is 4. The molecule has 0 atom stereocenters. The fourth-order valence-electron chi connectivity index (χ4n) is 2.00. The van der Waals surface area contributed by atoms with Crippen molar-refractivity contribution in [2.45, 2.75) is 6.54 Å². The summed E-state index contributed by atoms with van der Waals surface area (Å²) in [5.41, 5.74) is 1.46. The number of nitrogens with zero attached hydrogens (tertiary/aromatic N) is 5. The summed E-state index contributed by atoms with van der Waals surface area (Å²) in [6.45, 7) is 0.255. The summed E-state index contributed by atoms with van der Waals surface area (Å²) >= 11 is 11.9. The van der Waals surface area contributed by atoms with Gasteiger partial charge in [0.25, 0.3) is 0 Å². The van der Waals surface area contributed by atoms with Crippen LogP contribution in [0.2, 0.25) is 10.0 Å². The summed E-state index contributed by atoms with van der Waals surface area (Å²) in [4.78, 5) is 18.2. The van der Waals surface area contributed by atoms with Crippen molar-refractivity contribution in [2.75, 3.05) is 0 Å². The average molecular weight is 338 g/mol. The maximum atomic E-state index is 10.8. The zero-order valence-electron chi connectivity index (χ0n) is 11.1. The molecule has 112 valence electrons. The summed E-state index contributed by atoms with van der Waals surface area (Å²) in [7, 11) is 0. The minimum Gasteiger partial charge on any atom is -0.390 e. The summed E-state index contributed by atoms with van der Waals surface area (Å²) in [5, 5.41) is 11.8. The lowest BCUT2D eigenvalue weighted by molar-refractivity contribution is -0.396. The third-order valence-corrected chi connectivity index (χ3v) is 3.77. The Morgan fingerprint density at radius 2 is 2.05 bits per heavy atom. The van der Waals surface area contributed by atoms with E-state index in [1.165, 1.54) is 17.0 Å². The Bertz CT molecular complexity index is 843. The van der Waals surface area contributed by atoms with Crippen LogP contribution in [0.4, 0.5) is 5.95 Å². The molecular formula is C13H9Cl2N5O2. The van der Waals surface area contributed by atoms with E-state index in [2.05, 4.69) is 9.97 Å². The lowest BCUT2D eigenvalue weighted by atomic mass is 10.3. The van der Waals surface area contributed by atoms with Crippen LogP contribution in [0.15, 0.2) is 43.1 Å². The lowest BCUT2D eigenvalue weighted by Gasteiger charge is -2.03. The third-order valence-electron chi connectivity index (χ3n) is 3.03. The first-order valence-electron chi connectivity index (χ1n) is 6.18. The highest BCUT2D eigenvalue weighted by Crippen LogP contribution is 2.24. The highest BCUT2D eigenvalue weighted by atomic mass is 35.5. The first-order valence-corrected chi connectivity index (χ1v) is 6.94. The number of halogens is 2. The number of hydrogen-bond acceptors (Lipinski definition) is 4. The number of benzene rings is 1. The number of nitro groups is 1. The van der Waals surface area contributed by atoms with Crippen LogP contribution in [0.1, 0.15) is 5.69 Å². The van der Waals surface area contributed by atoms with Gasteiger partial charge in [-0.15, -0.1) is 0 Å². The SMILES string of the molecule is O=[N+]([O-])c1nccn1Cc1cn(-c2ccc(Cl)c(Cl)c2)cn1. The molecule has 0 bridgehead atoms. The fourth-order valence-corrected chi connectivity index (χ4v) is 2.30. The Balaban J connectivity index is 1.86. The molecule has 0 radical (unpaired) electrons. The normalized spacial score (nSPS) is 10.8. The zero-order valence-corrected chi connectivity index (χ0v) is 12.6. The van der Waals surface area contributed by atoms with E-state index in [9.17, 15) is 10.1 Å². The van der Waals surface area contributed by atoms with E-state index in [4.69, 9.17) is 23.2 Å². The monoisotopic (exact) mass is 337 g/mol. The van der Waals surface area contributed by atoms with Crippen LogP contribution in [0.5, 0.6) is 0 Å². The Morgan fingerprint density at radius 3 is 2.77 bits per heavy atom. The summed E-state index contributed by atoms with van der Waals surface area (Å²) in [6.07, 6.45) is 6.30. The molecule has 0 aliphatic heterocycles. The molecule has 2 aromatic heterocycles. The van der Waals surface area contributed by atoms with Gasteiger partial charge in [-0.05, 0) is 23.1 Å². The zero-order chi connectivity index (χ0) is 15.7. The summed E-state index contributed by atoms with van der Waals surface area (Å²) in [5.74, 6) is -0.218. The van der Waals surface area contributed by atoms with E-state index in [-0.39, 0.29) is 12.5 Å². The Morgan fingerprint density at radius 1 is 1.23 bits per heavy atom. The number of rotatable bonds is 4. The second-order valence-corrected chi connectivity index (χ2v) is 5.30. The smallest absolute Gasteiger partial charge is 0.390 e. The highest BCUT2D eigenvalue weighted by molar-refractivity contribution is 6.42. The standard InChI is InChI=1S/C13H9Cl2N5O2/c14-11-2-1-10(5-12(11)15)19-7-9(17-8-19)6-18-4-3-16-13(18)20(21)22/h1-5,7-8H,6H2. The maximum Gasteiger partial charge on any atom is 0.434 e. The second-order valence-electron chi connectivity index (χ2n) is 4.48. The van der Waals surface area contributed by atoms with Gasteiger partial charge in [-0.2, -0.15) is 0 Å². The minimum absolute atomic E-state index is 0.218. The molecule has 2 heterocycles. The Hall–Kier alpha value is -2.38. The Labute approximate surface area is 134 Å². The van der Waals surface area contributed by atoms with Crippen LogP contribution in [0.25, 0.3) is 5.69 Å². The van der Waals surface area contributed by atoms with Crippen molar-refractivity contribution >= 4 is 29.2 Å². The van der Waals surface area contributed by atoms with Crippen LogP contribution < -0.4 is 0 Å². The quantitative estimate of drug-likeness (QED) is 0.540. The molecule has 0 N–H and O–H groups in total. The molecule has 7 nitrogen and oxygen atoms in total. The summed E-state index contributed by atoms with van der Waals surface area (Å²) < 4.78 is 3.18. The lowest BCUT2D eigenvalue weighted by Crippen LogP contribution is -2.04. The molecule has 1 aromatic carbocycles. The predicted octanol–water partition coefficient (Wildman–Crippen LogP) is 3.33. The van der Waals surface area contributed by atoms with E-state index < -0.39 is 4.92 Å². The van der Waals surface area contributed by atoms with Gasteiger partial charge in [0.2, 0.25) is 0 Å². The van der Waals surface area contributed by atoms with Gasteiger partial charge in [-0.3, -0.25) is 0 Å². The van der Waals surface area contributed by atoms with E-state index in [0.717, 1.165) is 5.69 Å². The van der Waals surface area contributed by atoms with Gasteiger partial charge < -0.3 is 14.7 Å². The van der Waals surface area contributed by atoms with Crippen molar-refractivity contribution in [1.29, 1.82) is 0 Å². The largest absolute Gasteiger partial charge is 0.434 e. The van der Waals surface area contributed by atoms with Gasteiger partial charge in [0.1, 0.15) is 18.9 Å². The minimum atomic E-state index is -0.532. The van der Waals surface area contributed by atoms with Crippen molar-refractivity contribution in [1.82, 2.24) is 19.1 Å². The van der Waals surface area contributed by atoms with Gasteiger partial charge in [-0.1, -0.05) is 28.2 Å². The Kier molecular flexibility index (Phi) is 3.82. The van der Waals surface area contributed by atoms with Crippen LogP contribution in [0.3, 0.4) is 0 Å². The van der Waals surface area contributed by atoms with Crippen molar-refractivity contribution in [2.24, 2.45) is 0 Å². The summed E-state index contributed by atoms with van der Waals surface area (Å²) in [6, 6.07) is 5.22. The van der Waals surface area contributed by atoms with Gasteiger partial charge >= 0.3 is 5.95 Å². The fraction of sp³-hybridized carbons (Fsp3) is 0.0769. The van der Waals surface area contributed by atoms with Crippen LogP contribution >= 0.6 is 23.2 Å². The molecule has 0 amide bonds. The van der Waals surface area contributed by atoms with E-state index in [0.29, 0.717) is 15.7 Å². The van der Waals surface area contributed by atoms with Gasteiger partial charge in [0, 0.05) is 11.9 Å². The van der Waals surface area contributed by atoms with Gasteiger partial charge in [-0.25, -0.2) is 9.55 Å². The molecule has 3 rings (SSSR count). The number of imidazole rings is 2. The van der Waals surface area contributed by atoms with Crippen LogP contribution in [-0.2, 0) is 6.54 Å². The maximum absolute atomic E-state index is 10.8.